The number of nitrogens with one attached hydrogen (secondary N) is 1. The maximum Gasteiger partial charge on any atom is 0.492 e. The van der Waals surface area contributed by atoms with E-state index in [-0.39, 0.29) is 18.9 Å². The number of aliphatic hydroxyl groups excluding tert-OH is 1. The number of benzene rings is 1. The van der Waals surface area contributed by atoms with Gasteiger partial charge in [0.05, 0.1) is 17.8 Å². The van der Waals surface area contributed by atoms with Gasteiger partial charge < -0.3 is 19.7 Å². The number of hydrogen-bond acceptors (Lipinski definition) is 4. The van der Waals surface area contributed by atoms with E-state index >= 15 is 0 Å². The Hall–Kier alpha value is -1.34. The first kappa shape index (κ1) is 20.0. The van der Waals surface area contributed by atoms with Crippen LogP contribution in [0.25, 0.3) is 6.08 Å². The van der Waals surface area contributed by atoms with E-state index < -0.39 is 18.3 Å². The monoisotopic (exact) mass is 365 g/mol. The fourth-order valence-corrected chi connectivity index (χ4v) is 2.54. The van der Waals surface area contributed by atoms with Crippen LogP contribution in [0.15, 0.2) is 29.7 Å². The Morgan fingerprint density at radius 1 is 1.20 bits per heavy atom. The molecule has 2 rings (SSSR count). The lowest BCUT2D eigenvalue weighted by Crippen LogP contribution is -2.41. The minimum atomic E-state index is -0.585. The van der Waals surface area contributed by atoms with Gasteiger partial charge in [0.15, 0.2) is 0 Å². The highest BCUT2D eigenvalue weighted by atomic mass is 35.5. The zero-order valence-electron chi connectivity index (χ0n) is 15.1. The Balaban J connectivity index is 2.11. The van der Waals surface area contributed by atoms with Crippen LogP contribution in [0, 0.1) is 0 Å². The van der Waals surface area contributed by atoms with Crippen molar-refractivity contribution in [2.75, 3.05) is 17.8 Å². The van der Waals surface area contributed by atoms with Crippen LogP contribution in [0.4, 0.5) is 5.69 Å². The molecule has 0 radical (unpaired) electrons. The normalized spacial score (nSPS) is 19.1. The molecule has 2 N–H and O–H groups in total. The average Bonchev–Trinajstić information content (AvgIpc) is 2.74. The van der Waals surface area contributed by atoms with E-state index in [2.05, 4.69) is 5.32 Å². The second-order valence-corrected chi connectivity index (χ2v) is 7.45. The van der Waals surface area contributed by atoms with E-state index in [0.717, 1.165) is 5.56 Å². The van der Waals surface area contributed by atoms with E-state index in [1.807, 2.05) is 45.9 Å². The second kappa shape index (κ2) is 7.91. The van der Waals surface area contributed by atoms with Crippen LogP contribution in [0.5, 0.6) is 0 Å². The Labute approximate surface area is 154 Å². The first-order valence-corrected chi connectivity index (χ1v) is 8.85. The Morgan fingerprint density at radius 2 is 1.76 bits per heavy atom. The third-order valence-electron chi connectivity index (χ3n) is 4.61. The summed E-state index contributed by atoms with van der Waals surface area (Å²) in [5.74, 6) is 0.173. The summed E-state index contributed by atoms with van der Waals surface area (Å²) in [5.41, 5.74) is 1.32. The minimum absolute atomic E-state index is 0.119. The molecule has 1 heterocycles. The third-order valence-corrected chi connectivity index (χ3v) is 4.80. The molecule has 1 aromatic rings. The smallest absolute Gasteiger partial charge is 0.400 e. The summed E-state index contributed by atoms with van der Waals surface area (Å²) in [6, 6.07) is 7.32. The zero-order valence-corrected chi connectivity index (χ0v) is 15.9. The number of halogens is 1. The molecule has 0 unspecified atom stereocenters. The second-order valence-electron chi connectivity index (χ2n) is 7.07. The molecule has 1 amide bonds. The summed E-state index contributed by atoms with van der Waals surface area (Å²) in [4.78, 5) is 11.5. The molecule has 0 atom stereocenters. The summed E-state index contributed by atoms with van der Waals surface area (Å²) >= 11 is 5.55. The molecular weight excluding hydrogens is 340 g/mol. The molecule has 136 valence electrons. The average molecular weight is 366 g/mol. The number of carbonyl (C=O) groups excluding carboxylic acids is 1. The van der Waals surface area contributed by atoms with Crippen LogP contribution < -0.4 is 5.32 Å². The summed E-state index contributed by atoms with van der Waals surface area (Å²) in [6.45, 7) is 7.73. The molecule has 5 nitrogen and oxygen atoms in total. The van der Waals surface area contributed by atoms with E-state index in [1.165, 1.54) is 0 Å². The highest BCUT2D eigenvalue weighted by Crippen LogP contribution is 2.38. The van der Waals surface area contributed by atoms with Crippen LogP contribution in [0.1, 0.15) is 39.7 Å². The maximum atomic E-state index is 11.5. The maximum absolute atomic E-state index is 11.5. The number of carbonyl (C=O) groups is 1. The van der Waals surface area contributed by atoms with E-state index in [0.29, 0.717) is 17.0 Å². The SMILES string of the molecule is CC1(C)OB(C(=Cc2ccc(NC(=O)CCCl)cc2)CO)OC1(C)C. The molecule has 0 aromatic heterocycles. The van der Waals surface area contributed by atoms with Crippen molar-refractivity contribution in [3.8, 4) is 0 Å². The van der Waals surface area contributed by atoms with E-state index in [4.69, 9.17) is 20.9 Å². The van der Waals surface area contributed by atoms with Gasteiger partial charge in [0.25, 0.3) is 0 Å². The van der Waals surface area contributed by atoms with Crippen molar-refractivity contribution >= 4 is 36.4 Å². The van der Waals surface area contributed by atoms with Gasteiger partial charge in [-0.25, -0.2) is 0 Å². The van der Waals surface area contributed by atoms with Crippen molar-refractivity contribution in [2.45, 2.75) is 45.3 Å². The van der Waals surface area contributed by atoms with Crippen molar-refractivity contribution in [3.63, 3.8) is 0 Å². The predicted molar refractivity (Wildman–Crippen MR) is 102 cm³/mol. The van der Waals surface area contributed by atoms with Crippen LogP contribution in [-0.2, 0) is 14.1 Å². The molecule has 1 aliphatic rings. The standard InChI is InChI=1S/C18H25BClNO4/c1-17(2)18(3,4)25-19(24-17)14(12-22)11-13-5-7-15(8-6-13)21-16(23)9-10-20/h5-8,11,22H,9-10,12H2,1-4H3,(H,21,23). The van der Waals surface area contributed by atoms with Crippen molar-refractivity contribution in [1.82, 2.24) is 0 Å². The van der Waals surface area contributed by atoms with Gasteiger partial charge in [0.1, 0.15) is 0 Å². The largest absolute Gasteiger partial charge is 0.492 e. The lowest BCUT2D eigenvalue weighted by atomic mass is 9.77. The van der Waals surface area contributed by atoms with Gasteiger partial charge >= 0.3 is 7.12 Å². The number of aliphatic hydroxyl groups is 1. The number of alkyl halides is 1. The molecule has 1 fully saturated rings. The summed E-state index contributed by atoms with van der Waals surface area (Å²) in [7, 11) is -0.585. The third kappa shape index (κ3) is 4.85. The molecule has 1 aromatic carbocycles. The molecule has 7 heteroatoms. The van der Waals surface area contributed by atoms with E-state index in [9.17, 15) is 9.90 Å². The van der Waals surface area contributed by atoms with Gasteiger partial charge in [0, 0.05) is 18.0 Å². The zero-order chi connectivity index (χ0) is 18.7. The Morgan fingerprint density at radius 3 is 2.24 bits per heavy atom. The van der Waals surface area contributed by atoms with Crippen molar-refractivity contribution in [2.24, 2.45) is 0 Å². The van der Waals surface area contributed by atoms with Gasteiger partial charge in [0.2, 0.25) is 5.91 Å². The van der Waals surface area contributed by atoms with Crippen LogP contribution in [0.3, 0.4) is 0 Å². The Kier molecular flexibility index (Phi) is 6.33. The number of amides is 1. The molecule has 0 spiro atoms. The first-order chi connectivity index (χ1) is 11.7. The van der Waals surface area contributed by atoms with Gasteiger partial charge in [-0.3, -0.25) is 4.79 Å². The molecule has 1 aliphatic heterocycles. The lowest BCUT2D eigenvalue weighted by molar-refractivity contribution is -0.115. The Bertz CT molecular complexity index is 627. The number of hydrogen-bond donors (Lipinski definition) is 2. The molecule has 0 bridgehead atoms. The first-order valence-electron chi connectivity index (χ1n) is 8.31. The highest BCUT2D eigenvalue weighted by Gasteiger charge is 2.52. The molecule has 1 saturated heterocycles. The predicted octanol–water partition coefficient (Wildman–Crippen LogP) is 3.26. The quantitative estimate of drug-likeness (QED) is 0.600. The van der Waals surface area contributed by atoms with Crippen molar-refractivity contribution < 1.29 is 19.2 Å². The van der Waals surface area contributed by atoms with Crippen LogP contribution >= 0.6 is 11.6 Å². The van der Waals surface area contributed by atoms with Gasteiger partial charge in [-0.05, 0) is 50.9 Å². The van der Waals surface area contributed by atoms with Gasteiger partial charge in [-0.1, -0.05) is 18.2 Å². The molecule has 0 aliphatic carbocycles. The van der Waals surface area contributed by atoms with Crippen LogP contribution in [0.2, 0.25) is 0 Å². The minimum Gasteiger partial charge on any atom is -0.400 e. The van der Waals surface area contributed by atoms with Crippen molar-refractivity contribution in [3.05, 3.63) is 35.3 Å². The van der Waals surface area contributed by atoms with Crippen LogP contribution in [-0.4, -0.2) is 41.8 Å². The number of anilines is 1. The summed E-state index contributed by atoms with van der Waals surface area (Å²) in [5, 5.41) is 12.5. The van der Waals surface area contributed by atoms with Gasteiger partial charge in [-0.15, -0.1) is 11.6 Å². The highest BCUT2D eigenvalue weighted by molar-refractivity contribution is 6.55. The summed E-state index contributed by atoms with van der Waals surface area (Å²) in [6.07, 6.45) is 2.12. The fourth-order valence-electron chi connectivity index (χ4n) is 2.37. The van der Waals surface area contributed by atoms with Gasteiger partial charge in [-0.2, -0.15) is 0 Å². The fraction of sp³-hybridized carbons (Fsp3) is 0.500. The molecule has 25 heavy (non-hydrogen) atoms. The number of rotatable bonds is 6. The summed E-state index contributed by atoms with van der Waals surface area (Å²) < 4.78 is 11.9. The topological polar surface area (TPSA) is 67.8 Å². The molecular formula is C18H25BClNO4. The molecule has 0 saturated carbocycles. The lowest BCUT2D eigenvalue weighted by Gasteiger charge is -2.32. The van der Waals surface area contributed by atoms with Crippen molar-refractivity contribution in [1.29, 1.82) is 0 Å². The van der Waals surface area contributed by atoms with E-state index in [1.54, 1.807) is 12.1 Å².